The summed E-state index contributed by atoms with van der Waals surface area (Å²) >= 11 is 0. The van der Waals surface area contributed by atoms with Crippen molar-refractivity contribution in [1.29, 1.82) is 0 Å². The maximum atomic E-state index is 4.10. The molecule has 0 amide bonds. The topological polar surface area (TPSA) is 44.0 Å². The van der Waals surface area contributed by atoms with Crippen molar-refractivity contribution in [3.8, 4) is 0 Å². The van der Waals surface area contributed by atoms with Gasteiger partial charge < -0.3 is 15.2 Å². The second-order valence-electron chi connectivity index (χ2n) is 5.58. The molecule has 1 saturated heterocycles. The highest BCUT2D eigenvalue weighted by atomic mass is 15.2. The van der Waals surface area contributed by atoms with Crippen molar-refractivity contribution >= 4 is 0 Å². The van der Waals surface area contributed by atoms with Gasteiger partial charge in [-0.2, -0.15) is 0 Å². The first-order valence-corrected chi connectivity index (χ1v) is 6.74. The van der Waals surface area contributed by atoms with Gasteiger partial charge in [0.15, 0.2) is 0 Å². The van der Waals surface area contributed by atoms with Crippen LogP contribution in [0.25, 0.3) is 0 Å². The molecule has 2 unspecified atom stereocenters. The van der Waals surface area contributed by atoms with Gasteiger partial charge in [0.05, 0.1) is 6.33 Å². The van der Waals surface area contributed by atoms with Crippen molar-refractivity contribution in [2.45, 2.75) is 37.8 Å². The van der Waals surface area contributed by atoms with E-state index in [1.807, 2.05) is 6.20 Å². The zero-order chi connectivity index (χ0) is 11.7. The summed E-state index contributed by atoms with van der Waals surface area (Å²) in [6.07, 6.45) is 8.96. The highest BCUT2D eigenvalue weighted by Crippen LogP contribution is 2.28. The molecule has 17 heavy (non-hydrogen) atoms. The van der Waals surface area contributed by atoms with Crippen molar-refractivity contribution in [2.24, 2.45) is 5.92 Å². The van der Waals surface area contributed by atoms with E-state index in [0.717, 1.165) is 24.9 Å². The molecule has 2 aliphatic rings. The van der Waals surface area contributed by atoms with Crippen LogP contribution in [0.3, 0.4) is 0 Å². The Morgan fingerprint density at radius 3 is 3.24 bits per heavy atom. The van der Waals surface area contributed by atoms with Crippen molar-refractivity contribution in [2.75, 3.05) is 20.1 Å². The number of hydrogen-bond donors (Lipinski definition) is 2. The van der Waals surface area contributed by atoms with E-state index >= 15 is 0 Å². The molecular weight excluding hydrogens is 212 g/mol. The van der Waals surface area contributed by atoms with Gasteiger partial charge in [0, 0.05) is 43.5 Å². The molecule has 0 radical (unpaired) electrons. The smallest absolute Gasteiger partial charge is 0.0921 e. The van der Waals surface area contributed by atoms with Gasteiger partial charge in [-0.1, -0.05) is 6.42 Å². The van der Waals surface area contributed by atoms with E-state index < -0.39 is 0 Å². The zero-order valence-corrected chi connectivity index (χ0v) is 10.5. The average molecular weight is 234 g/mol. The number of fused-ring (bicyclic) bond motifs is 1. The van der Waals surface area contributed by atoms with E-state index in [0.29, 0.717) is 6.04 Å². The molecular formula is C13H22N4. The summed E-state index contributed by atoms with van der Waals surface area (Å²) in [5, 5.41) is 3.76. The Kier molecular flexibility index (Phi) is 3.16. The SMILES string of the molecule is CN1CC2CCCC2NC[C@@H]1Cc1cnc[nH]1. The molecule has 4 nitrogen and oxygen atoms in total. The van der Waals surface area contributed by atoms with Crippen LogP contribution in [0.15, 0.2) is 12.5 Å². The van der Waals surface area contributed by atoms with Gasteiger partial charge in [-0.05, 0) is 25.8 Å². The molecule has 4 heteroatoms. The monoisotopic (exact) mass is 234 g/mol. The number of aromatic nitrogens is 2. The van der Waals surface area contributed by atoms with Gasteiger partial charge in [0.1, 0.15) is 0 Å². The van der Waals surface area contributed by atoms with E-state index in [-0.39, 0.29) is 0 Å². The fraction of sp³-hybridized carbons (Fsp3) is 0.769. The van der Waals surface area contributed by atoms with Crippen molar-refractivity contribution in [3.63, 3.8) is 0 Å². The summed E-state index contributed by atoms with van der Waals surface area (Å²) in [6, 6.07) is 1.37. The van der Waals surface area contributed by atoms with E-state index in [1.165, 1.54) is 31.5 Å². The molecule has 94 valence electrons. The Balaban J connectivity index is 1.65. The van der Waals surface area contributed by atoms with E-state index in [2.05, 4.69) is 27.2 Å². The number of rotatable bonds is 2. The quantitative estimate of drug-likeness (QED) is 0.803. The van der Waals surface area contributed by atoms with Crippen LogP contribution in [0.2, 0.25) is 0 Å². The molecule has 1 aliphatic carbocycles. The lowest BCUT2D eigenvalue weighted by Gasteiger charge is -2.26. The van der Waals surface area contributed by atoms with E-state index in [1.54, 1.807) is 6.33 Å². The molecule has 0 spiro atoms. The van der Waals surface area contributed by atoms with Crippen molar-refractivity contribution in [3.05, 3.63) is 18.2 Å². The van der Waals surface area contributed by atoms with Gasteiger partial charge in [-0.15, -0.1) is 0 Å². The summed E-state index contributed by atoms with van der Waals surface area (Å²) < 4.78 is 0. The second kappa shape index (κ2) is 4.78. The molecule has 1 aromatic heterocycles. The Morgan fingerprint density at radius 2 is 2.41 bits per heavy atom. The number of likely N-dealkylation sites (N-methyl/N-ethyl adjacent to an activating group) is 1. The first-order chi connectivity index (χ1) is 8.33. The summed E-state index contributed by atoms with van der Waals surface area (Å²) in [6.45, 7) is 2.35. The maximum absolute atomic E-state index is 4.10. The third kappa shape index (κ3) is 2.38. The Hall–Kier alpha value is -0.870. The Bertz CT molecular complexity index is 348. The van der Waals surface area contributed by atoms with Crippen LogP contribution in [0.4, 0.5) is 0 Å². The largest absolute Gasteiger partial charge is 0.348 e. The van der Waals surface area contributed by atoms with Crippen molar-refractivity contribution < 1.29 is 0 Å². The number of hydrogen-bond acceptors (Lipinski definition) is 3. The molecule has 2 fully saturated rings. The predicted octanol–water partition coefficient (Wildman–Crippen LogP) is 1.02. The predicted molar refractivity (Wildman–Crippen MR) is 67.8 cm³/mol. The standard InChI is InChI=1S/C13H22N4/c1-17-8-10-3-2-4-13(10)15-7-12(17)5-11-6-14-9-16-11/h6,9-10,12-13,15H,2-5,7-8H2,1H3,(H,14,16)/t10?,12-,13?/m0/s1. The first kappa shape index (κ1) is 11.2. The average Bonchev–Trinajstić information content (AvgIpc) is 2.93. The Labute approximate surface area is 103 Å². The molecule has 1 saturated carbocycles. The molecule has 2 N–H and O–H groups in total. The molecule has 3 atom stereocenters. The summed E-state index contributed by atoms with van der Waals surface area (Å²) in [5.74, 6) is 0.867. The van der Waals surface area contributed by atoms with E-state index in [9.17, 15) is 0 Å². The molecule has 3 rings (SSSR count). The lowest BCUT2D eigenvalue weighted by molar-refractivity contribution is 0.228. The molecule has 1 aromatic rings. The third-order valence-electron chi connectivity index (χ3n) is 4.43. The van der Waals surface area contributed by atoms with Crippen LogP contribution in [-0.2, 0) is 6.42 Å². The van der Waals surface area contributed by atoms with Gasteiger partial charge in [0.2, 0.25) is 0 Å². The minimum atomic E-state index is 0.598. The van der Waals surface area contributed by atoms with Gasteiger partial charge in [-0.25, -0.2) is 4.98 Å². The minimum absolute atomic E-state index is 0.598. The lowest BCUT2D eigenvalue weighted by atomic mass is 10.0. The third-order valence-corrected chi connectivity index (χ3v) is 4.43. The number of aromatic amines is 1. The highest BCUT2D eigenvalue weighted by molar-refractivity contribution is 5.00. The summed E-state index contributed by atoms with van der Waals surface area (Å²) in [5.41, 5.74) is 1.25. The molecule has 2 heterocycles. The van der Waals surface area contributed by atoms with E-state index in [4.69, 9.17) is 0 Å². The van der Waals surface area contributed by atoms with Crippen molar-refractivity contribution in [1.82, 2.24) is 20.2 Å². The normalized spacial score (nSPS) is 34.5. The Morgan fingerprint density at radius 1 is 1.47 bits per heavy atom. The number of H-pyrrole nitrogens is 1. The fourth-order valence-corrected chi connectivity index (χ4v) is 3.36. The van der Waals surface area contributed by atoms with Gasteiger partial charge in [0.25, 0.3) is 0 Å². The molecule has 1 aliphatic heterocycles. The number of nitrogens with one attached hydrogen (secondary N) is 2. The summed E-state index contributed by atoms with van der Waals surface area (Å²) in [4.78, 5) is 9.84. The highest BCUT2D eigenvalue weighted by Gasteiger charge is 2.33. The van der Waals surface area contributed by atoms with Crippen LogP contribution < -0.4 is 5.32 Å². The number of imidazole rings is 1. The first-order valence-electron chi connectivity index (χ1n) is 6.74. The second-order valence-corrected chi connectivity index (χ2v) is 5.58. The molecule has 0 bridgehead atoms. The fourth-order valence-electron chi connectivity index (χ4n) is 3.36. The van der Waals surface area contributed by atoms with Crippen LogP contribution in [0.1, 0.15) is 25.0 Å². The molecule has 0 aromatic carbocycles. The summed E-state index contributed by atoms with van der Waals surface area (Å²) in [7, 11) is 2.27. The number of nitrogens with zero attached hydrogens (tertiary/aromatic N) is 2. The maximum Gasteiger partial charge on any atom is 0.0921 e. The van der Waals surface area contributed by atoms with Crippen LogP contribution in [0.5, 0.6) is 0 Å². The minimum Gasteiger partial charge on any atom is -0.348 e. The lowest BCUT2D eigenvalue weighted by Crippen LogP contribution is -2.39. The van der Waals surface area contributed by atoms with Crippen LogP contribution in [-0.4, -0.2) is 47.1 Å². The van der Waals surface area contributed by atoms with Gasteiger partial charge in [-0.3, -0.25) is 0 Å². The van der Waals surface area contributed by atoms with Crippen LogP contribution in [0, 0.1) is 5.92 Å². The van der Waals surface area contributed by atoms with Crippen LogP contribution >= 0.6 is 0 Å². The van der Waals surface area contributed by atoms with Gasteiger partial charge >= 0.3 is 0 Å². The zero-order valence-electron chi connectivity index (χ0n) is 10.5.